The molecule has 0 unspecified atom stereocenters. The van der Waals surface area contributed by atoms with Crippen LogP contribution in [0, 0.1) is 0 Å². The lowest BCUT2D eigenvalue weighted by molar-refractivity contribution is -0.120. The first-order valence-corrected chi connectivity index (χ1v) is 12.8. The van der Waals surface area contributed by atoms with Crippen molar-refractivity contribution in [1.29, 1.82) is 0 Å². The number of carboxylic acid groups (broad SMARTS) is 1. The van der Waals surface area contributed by atoms with Gasteiger partial charge in [0.2, 0.25) is 0 Å². The van der Waals surface area contributed by atoms with Gasteiger partial charge in [0.25, 0.3) is 6.47 Å². The summed E-state index contributed by atoms with van der Waals surface area (Å²) >= 11 is 0. The Kier molecular flexibility index (Phi) is 8.57. The van der Waals surface area contributed by atoms with Crippen LogP contribution in [0.15, 0.2) is 122 Å². The SMILES string of the molecule is COc1cc(N=Nc2ccc(OC=O)c(O)c2)ccc1N=Nc1ccc(N=Nc2ccc(C(=O)O)c(O)c2)c2ccccc12. The number of carbonyl (C=O) groups excluding carboxylic acids is 1. The standard InChI is InChI=1S/C31H22N6O7/c1-43-30-16-20(33-32-19-8-13-29(44-17-38)28(40)15-19)7-10-26(30)37-36-25-12-11-24(21-4-2-3-5-22(21)25)35-34-18-6-9-23(31(41)42)27(39)14-18/h2-17,39-40H,1H3,(H,41,42). The van der Waals surface area contributed by atoms with Gasteiger partial charge in [-0.2, -0.15) is 15.3 Å². The Morgan fingerprint density at radius 2 is 1.16 bits per heavy atom. The predicted octanol–water partition coefficient (Wildman–Crippen LogP) is 8.74. The van der Waals surface area contributed by atoms with E-state index in [1.807, 2.05) is 24.3 Å². The van der Waals surface area contributed by atoms with Gasteiger partial charge in [-0.15, -0.1) is 15.3 Å². The molecule has 3 N–H and O–H groups in total. The number of rotatable bonds is 10. The molecular formula is C31H22N6O7. The van der Waals surface area contributed by atoms with Crippen molar-refractivity contribution in [2.24, 2.45) is 30.7 Å². The summed E-state index contributed by atoms with van der Waals surface area (Å²) in [6.45, 7) is 0.216. The summed E-state index contributed by atoms with van der Waals surface area (Å²) in [6, 6.07) is 24.0. The Morgan fingerprint density at radius 3 is 1.75 bits per heavy atom. The molecule has 0 aromatic heterocycles. The van der Waals surface area contributed by atoms with Crippen LogP contribution < -0.4 is 9.47 Å². The van der Waals surface area contributed by atoms with Crippen LogP contribution in [0.4, 0.5) is 34.1 Å². The molecular weight excluding hydrogens is 568 g/mol. The van der Waals surface area contributed by atoms with Gasteiger partial charge < -0.3 is 24.8 Å². The molecule has 0 amide bonds. The zero-order valence-electron chi connectivity index (χ0n) is 22.9. The number of carboxylic acids is 1. The van der Waals surface area contributed by atoms with Crippen LogP contribution in [0.5, 0.6) is 23.0 Å². The lowest BCUT2D eigenvalue weighted by atomic mass is 10.1. The number of aromatic hydroxyl groups is 2. The molecule has 13 heteroatoms. The van der Waals surface area contributed by atoms with Gasteiger partial charge in [-0.25, -0.2) is 4.79 Å². The summed E-state index contributed by atoms with van der Waals surface area (Å²) in [5.74, 6) is -1.49. The number of benzene rings is 5. The van der Waals surface area contributed by atoms with Crippen molar-refractivity contribution in [3.63, 3.8) is 0 Å². The molecule has 0 heterocycles. The Hall–Kier alpha value is -6.50. The van der Waals surface area contributed by atoms with Crippen LogP contribution in [-0.4, -0.2) is 34.9 Å². The van der Waals surface area contributed by atoms with E-state index >= 15 is 0 Å². The maximum atomic E-state index is 11.1. The number of phenols is 2. The molecule has 0 saturated heterocycles. The zero-order chi connectivity index (χ0) is 31.1. The second-order valence-corrected chi connectivity index (χ2v) is 8.98. The van der Waals surface area contributed by atoms with Crippen LogP contribution in [0.1, 0.15) is 10.4 Å². The highest BCUT2D eigenvalue weighted by Crippen LogP contribution is 2.38. The van der Waals surface area contributed by atoms with Crippen LogP contribution in [-0.2, 0) is 4.79 Å². The average Bonchev–Trinajstić information content (AvgIpc) is 3.03. The van der Waals surface area contributed by atoms with E-state index in [1.54, 1.807) is 30.3 Å². The second-order valence-electron chi connectivity index (χ2n) is 8.98. The molecule has 0 saturated carbocycles. The summed E-state index contributed by atoms with van der Waals surface area (Å²) in [5, 5.41) is 55.9. The molecule has 218 valence electrons. The Labute approximate surface area is 249 Å². The number of carbonyl (C=O) groups is 2. The molecule has 5 aromatic carbocycles. The van der Waals surface area contributed by atoms with E-state index < -0.39 is 11.7 Å². The van der Waals surface area contributed by atoms with Crippen molar-refractivity contribution >= 4 is 57.3 Å². The number of azo groups is 3. The fraction of sp³-hybridized carbons (Fsp3) is 0.0323. The normalized spacial score (nSPS) is 11.5. The predicted molar refractivity (Wildman–Crippen MR) is 159 cm³/mol. The minimum absolute atomic E-state index is 0.00750. The molecule has 44 heavy (non-hydrogen) atoms. The Bertz CT molecular complexity index is 1970. The van der Waals surface area contributed by atoms with E-state index in [0.717, 1.165) is 10.8 Å². The van der Waals surface area contributed by atoms with Gasteiger partial charge in [0.1, 0.15) is 22.7 Å². The molecule has 0 fully saturated rings. The van der Waals surface area contributed by atoms with Crippen molar-refractivity contribution in [2.45, 2.75) is 0 Å². The minimum Gasteiger partial charge on any atom is -0.507 e. The van der Waals surface area contributed by atoms with Gasteiger partial charge in [0.05, 0.1) is 35.5 Å². The third-order valence-electron chi connectivity index (χ3n) is 6.19. The third-order valence-corrected chi connectivity index (χ3v) is 6.19. The fourth-order valence-corrected chi connectivity index (χ4v) is 4.07. The summed E-state index contributed by atoms with van der Waals surface area (Å²) in [7, 11) is 1.49. The monoisotopic (exact) mass is 590 g/mol. The van der Waals surface area contributed by atoms with Gasteiger partial charge in [0, 0.05) is 29.0 Å². The lowest BCUT2D eigenvalue weighted by Gasteiger charge is -2.06. The molecule has 13 nitrogen and oxygen atoms in total. The lowest BCUT2D eigenvalue weighted by Crippen LogP contribution is -1.95. The number of aromatic carboxylic acids is 1. The Morgan fingerprint density at radius 1 is 0.636 bits per heavy atom. The molecule has 5 aromatic rings. The maximum Gasteiger partial charge on any atom is 0.339 e. The Balaban J connectivity index is 1.37. The molecule has 0 radical (unpaired) electrons. The van der Waals surface area contributed by atoms with Crippen molar-refractivity contribution in [2.75, 3.05) is 7.11 Å². The number of fused-ring (bicyclic) bond motifs is 1. The zero-order valence-corrected chi connectivity index (χ0v) is 22.9. The minimum atomic E-state index is -1.24. The number of ether oxygens (including phenoxy) is 2. The summed E-state index contributed by atoms with van der Waals surface area (Å²) in [6.07, 6.45) is 0. The van der Waals surface area contributed by atoms with E-state index in [2.05, 4.69) is 35.4 Å². The van der Waals surface area contributed by atoms with Gasteiger partial charge in [-0.05, 0) is 48.5 Å². The van der Waals surface area contributed by atoms with Gasteiger partial charge in [-0.1, -0.05) is 24.3 Å². The number of phenolic OH excluding ortho intramolecular Hbond substituents is 1. The number of methoxy groups -OCH3 is 1. The van der Waals surface area contributed by atoms with Crippen molar-refractivity contribution in [3.05, 3.63) is 96.6 Å². The van der Waals surface area contributed by atoms with E-state index in [9.17, 15) is 19.8 Å². The fourth-order valence-electron chi connectivity index (χ4n) is 4.07. The van der Waals surface area contributed by atoms with Crippen LogP contribution in [0.3, 0.4) is 0 Å². The van der Waals surface area contributed by atoms with E-state index in [4.69, 9.17) is 9.84 Å². The molecule has 0 aliphatic carbocycles. The highest BCUT2D eigenvalue weighted by Gasteiger charge is 2.11. The molecule has 0 aliphatic rings. The molecule has 0 bridgehead atoms. The van der Waals surface area contributed by atoms with Crippen LogP contribution in [0.2, 0.25) is 0 Å². The molecule has 0 atom stereocenters. The topological polar surface area (TPSA) is 187 Å². The third kappa shape index (κ3) is 6.52. The van der Waals surface area contributed by atoms with Crippen molar-refractivity contribution < 1.29 is 34.4 Å². The molecule has 0 aliphatic heterocycles. The van der Waals surface area contributed by atoms with Crippen molar-refractivity contribution in [3.8, 4) is 23.0 Å². The van der Waals surface area contributed by atoms with Gasteiger partial charge >= 0.3 is 5.97 Å². The van der Waals surface area contributed by atoms with Gasteiger partial charge in [-0.3, -0.25) is 4.79 Å². The van der Waals surface area contributed by atoms with Crippen LogP contribution >= 0.6 is 0 Å². The first-order valence-electron chi connectivity index (χ1n) is 12.8. The largest absolute Gasteiger partial charge is 0.507 e. The number of hydrogen-bond donors (Lipinski definition) is 3. The van der Waals surface area contributed by atoms with E-state index in [0.29, 0.717) is 34.2 Å². The smallest absolute Gasteiger partial charge is 0.339 e. The van der Waals surface area contributed by atoms with E-state index in [1.165, 1.54) is 43.5 Å². The van der Waals surface area contributed by atoms with Crippen LogP contribution in [0.25, 0.3) is 10.8 Å². The summed E-state index contributed by atoms with van der Waals surface area (Å²) in [4.78, 5) is 21.6. The van der Waals surface area contributed by atoms with Crippen molar-refractivity contribution in [1.82, 2.24) is 0 Å². The van der Waals surface area contributed by atoms with E-state index in [-0.39, 0.29) is 29.2 Å². The second kappa shape index (κ2) is 13.0. The highest BCUT2D eigenvalue weighted by molar-refractivity contribution is 5.99. The summed E-state index contributed by atoms with van der Waals surface area (Å²) < 4.78 is 10.1. The summed E-state index contributed by atoms with van der Waals surface area (Å²) in [5.41, 5.74) is 2.40. The first kappa shape index (κ1) is 29.0. The number of nitrogens with zero attached hydrogens (tertiary/aromatic N) is 6. The highest BCUT2D eigenvalue weighted by atomic mass is 16.5. The number of hydrogen-bond acceptors (Lipinski definition) is 12. The van der Waals surface area contributed by atoms with Gasteiger partial charge in [0.15, 0.2) is 11.5 Å². The first-order chi connectivity index (χ1) is 21.4. The molecule has 0 spiro atoms. The maximum absolute atomic E-state index is 11.1. The average molecular weight is 591 g/mol. The molecule has 5 rings (SSSR count). The quantitative estimate of drug-likeness (QED) is 0.107.